The quantitative estimate of drug-likeness (QED) is 0.326. The van der Waals surface area contributed by atoms with Gasteiger partial charge >= 0.3 is 0 Å². The maximum absolute atomic E-state index is 12.2. The number of aliphatic imine (C=N–C) groups is 1. The molecule has 1 saturated heterocycles. The van der Waals surface area contributed by atoms with Crippen molar-refractivity contribution in [2.45, 2.75) is 6.92 Å². The van der Waals surface area contributed by atoms with E-state index in [1.807, 2.05) is 11.8 Å². The van der Waals surface area contributed by atoms with Crippen LogP contribution in [0.2, 0.25) is 0 Å². The number of amides is 1. The van der Waals surface area contributed by atoms with Crippen LogP contribution in [0, 0.1) is 0 Å². The average Bonchev–Trinajstić information content (AvgIpc) is 3.09. The van der Waals surface area contributed by atoms with Gasteiger partial charge in [0, 0.05) is 46.4 Å². The van der Waals surface area contributed by atoms with Crippen molar-refractivity contribution in [1.29, 1.82) is 0 Å². The van der Waals surface area contributed by atoms with E-state index in [-0.39, 0.29) is 29.9 Å². The molecule has 1 aromatic heterocycles. The van der Waals surface area contributed by atoms with Crippen LogP contribution in [0.25, 0.3) is 0 Å². The molecule has 0 bridgehead atoms. The van der Waals surface area contributed by atoms with Gasteiger partial charge in [-0.15, -0.1) is 24.0 Å². The van der Waals surface area contributed by atoms with Gasteiger partial charge in [-0.25, -0.2) is 0 Å². The van der Waals surface area contributed by atoms with Gasteiger partial charge in [-0.05, 0) is 19.1 Å². The Morgan fingerprint density at radius 2 is 2.04 bits per heavy atom. The smallest absolute Gasteiger partial charge is 0.289 e. The van der Waals surface area contributed by atoms with Crippen LogP contribution in [0.15, 0.2) is 27.8 Å². The van der Waals surface area contributed by atoms with E-state index in [0.717, 1.165) is 25.6 Å². The predicted octanol–water partition coefficient (Wildman–Crippen LogP) is 1.27. The third-order valence-corrected chi connectivity index (χ3v) is 3.54. The number of hydrogen-bond donors (Lipinski definition) is 1. The Labute approximate surface area is 154 Å². The topological polar surface area (TPSA) is 70.3 Å². The minimum absolute atomic E-state index is 0. The Kier molecular flexibility index (Phi) is 9.00. The molecular formula is C15H25IN4O3. The summed E-state index contributed by atoms with van der Waals surface area (Å²) in [5.74, 6) is 1.20. The number of rotatable bonds is 5. The summed E-state index contributed by atoms with van der Waals surface area (Å²) in [4.78, 5) is 20.4. The summed E-state index contributed by atoms with van der Waals surface area (Å²) in [6, 6.07) is 3.43. The van der Waals surface area contributed by atoms with Gasteiger partial charge < -0.3 is 24.3 Å². The summed E-state index contributed by atoms with van der Waals surface area (Å²) < 4.78 is 10.5. The standard InChI is InChI=1S/C15H24N4O3.HI/c1-3-21-12-6-17-15(16-2)19-9-7-18(8-10-19)14(20)13-5-4-11-22-13;/h4-5,11H,3,6-10,12H2,1-2H3,(H,16,17);1H. The first kappa shape index (κ1) is 19.8. The SMILES string of the molecule is CCOCCNC(=NC)N1CCN(C(=O)c2ccco2)CC1.I. The maximum Gasteiger partial charge on any atom is 0.289 e. The van der Waals surface area contributed by atoms with E-state index in [4.69, 9.17) is 9.15 Å². The molecule has 1 amide bonds. The minimum atomic E-state index is -0.0519. The van der Waals surface area contributed by atoms with Crippen LogP contribution in [0.4, 0.5) is 0 Å². The summed E-state index contributed by atoms with van der Waals surface area (Å²) in [6.45, 7) is 6.90. The van der Waals surface area contributed by atoms with Crippen LogP contribution < -0.4 is 5.32 Å². The second-order valence-corrected chi connectivity index (χ2v) is 4.93. The van der Waals surface area contributed by atoms with Crippen molar-refractivity contribution in [3.05, 3.63) is 24.2 Å². The number of hydrogen-bond acceptors (Lipinski definition) is 4. The fourth-order valence-electron chi connectivity index (χ4n) is 2.39. The molecule has 130 valence electrons. The van der Waals surface area contributed by atoms with Crippen molar-refractivity contribution >= 4 is 35.8 Å². The van der Waals surface area contributed by atoms with Crippen molar-refractivity contribution < 1.29 is 13.9 Å². The van der Waals surface area contributed by atoms with Gasteiger partial charge in [0.2, 0.25) is 0 Å². The molecule has 2 rings (SSSR count). The zero-order valence-electron chi connectivity index (χ0n) is 13.7. The highest BCUT2D eigenvalue weighted by atomic mass is 127. The Hall–Kier alpha value is -1.29. The Morgan fingerprint density at radius 3 is 2.61 bits per heavy atom. The average molecular weight is 436 g/mol. The van der Waals surface area contributed by atoms with Crippen LogP contribution in [0.3, 0.4) is 0 Å². The number of piperazine rings is 1. The van der Waals surface area contributed by atoms with Gasteiger partial charge in [0.05, 0.1) is 12.9 Å². The largest absolute Gasteiger partial charge is 0.459 e. The molecule has 7 nitrogen and oxygen atoms in total. The van der Waals surface area contributed by atoms with Gasteiger partial charge in [-0.1, -0.05) is 0 Å². The second-order valence-electron chi connectivity index (χ2n) is 4.93. The summed E-state index contributed by atoms with van der Waals surface area (Å²) >= 11 is 0. The molecule has 0 radical (unpaired) electrons. The number of nitrogens with one attached hydrogen (secondary N) is 1. The number of halogens is 1. The van der Waals surface area contributed by atoms with Crippen LogP contribution >= 0.6 is 24.0 Å². The molecule has 0 spiro atoms. The fraction of sp³-hybridized carbons (Fsp3) is 0.600. The molecule has 1 aromatic rings. The maximum atomic E-state index is 12.2. The van der Waals surface area contributed by atoms with Gasteiger partial charge in [-0.2, -0.15) is 0 Å². The van der Waals surface area contributed by atoms with E-state index in [0.29, 0.717) is 32.1 Å². The third-order valence-electron chi connectivity index (χ3n) is 3.54. The Bertz CT molecular complexity index is 485. The molecule has 1 aliphatic heterocycles. The first-order valence-corrected chi connectivity index (χ1v) is 7.62. The number of guanidine groups is 1. The van der Waals surface area contributed by atoms with E-state index in [1.54, 1.807) is 19.2 Å². The number of carbonyl (C=O) groups is 1. The monoisotopic (exact) mass is 436 g/mol. The lowest BCUT2D eigenvalue weighted by Gasteiger charge is -2.36. The molecule has 1 aliphatic rings. The summed E-state index contributed by atoms with van der Waals surface area (Å²) in [5.41, 5.74) is 0. The van der Waals surface area contributed by atoms with Crippen molar-refractivity contribution in [1.82, 2.24) is 15.1 Å². The van der Waals surface area contributed by atoms with Crippen LogP contribution in [0.1, 0.15) is 17.5 Å². The summed E-state index contributed by atoms with van der Waals surface area (Å²) in [6.07, 6.45) is 1.52. The first-order valence-electron chi connectivity index (χ1n) is 7.62. The Morgan fingerprint density at radius 1 is 1.35 bits per heavy atom. The molecule has 8 heteroatoms. The summed E-state index contributed by atoms with van der Waals surface area (Å²) in [5, 5.41) is 3.27. The number of ether oxygens (including phenoxy) is 1. The second kappa shape index (κ2) is 10.5. The lowest BCUT2D eigenvalue weighted by atomic mass is 10.3. The fourth-order valence-corrected chi connectivity index (χ4v) is 2.39. The summed E-state index contributed by atoms with van der Waals surface area (Å²) in [7, 11) is 1.77. The molecule has 0 aliphatic carbocycles. The first-order chi connectivity index (χ1) is 10.8. The number of carbonyl (C=O) groups excluding carboxylic acids is 1. The third kappa shape index (κ3) is 5.69. The van der Waals surface area contributed by atoms with E-state index in [1.165, 1.54) is 6.26 Å². The van der Waals surface area contributed by atoms with Crippen LogP contribution in [-0.2, 0) is 4.74 Å². The highest BCUT2D eigenvalue weighted by Gasteiger charge is 2.24. The van der Waals surface area contributed by atoms with Crippen molar-refractivity contribution in [2.24, 2.45) is 4.99 Å². The van der Waals surface area contributed by atoms with Gasteiger partial charge in [-0.3, -0.25) is 9.79 Å². The van der Waals surface area contributed by atoms with E-state index in [9.17, 15) is 4.79 Å². The number of nitrogens with zero attached hydrogens (tertiary/aromatic N) is 3. The zero-order chi connectivity index (χ0) is 15.8. The molecule has 0 aromatic carbocycles. The van der Waals surface area contributed by atoms with Crippen molar-refractivity contribution in [3.8, 4) is 0 Å². The van der Waals surface area contributed by atoms with Crippen molar-refractivity contribution in [3.63, 3.8) is 0 Å². The molecule has 0 unspecified atom stereocenters. The highest BCUT2D eigenvalue weighted by Crippen LogP contribution is 2.09. The van der Waals surface area contributed by atoms with Gasteiger partial charge in [0.1, 0.15) is 0 Å². The highest BCUT2D eigenvalue weighted by molar-refractivity contribution is 14.0. The Balaban J connectivity index is 0.00000264. The molecule has 0 saturated carbocycles. The van der Waals surface area contributed by atoms with E-state index in [2.05, 4.69) is 15.2 Å². The van der Waals surface area contributed by atoms with Crippen molar-refractivity contribution in [2.75, 3.05) is 53.0 Å². The number of furan rings is 1. The molecular weight excluding hydrogens is 411 g/mol. The normalized spacial score (nSPS) is 15.3. The lowest BCUT2D eigenvalue weighted by molar-refractivity contribution is 0.0657. The van der Waals surface area contributed by atoms with E-state index < -0.39 is 0 Å². The molecule has 0 atom stereocenters. The molecule has 2 heterocycles. The van der Waals surface area contributed by atoms with Gasteiger partial charge in [0.25, 0.3) is 5.91 Å². The van der Waals surface area contributed by atoms with Crippen LogP contribution in [0.5, 0.6) is 0 Å². The lowest BCUT2D eigenvalue weighted by Crippen LogP contribution is -2.54. The predicted molar refractivity (Wildman–Crippen MR) is 99.5 cm³/mol. The molecule has 23 heavy (non-hydrogen) atoms. The minimum Gasteiger partial charge on any atom is -0.459 e. The van der Waals surface area contributed by atoms with E-state index >= 15 is 0 Å². The zero-order valence-corrected chi connectivity index (χ0v) is 16.0. The molecule has 1 fully saturated rings. The van der Waals surface area contributed by atoms with Gasteiger partial charge in [0.15, 0.2) is 11.7 Å². The van der Waals surface area contributed by atoms with Crippen LogP contribution in [-0.4, -0.2) is 74.7 Å². The molecule has 1 N–H and O–H groups in total.